The molecule has 0 spiro atoms. The summed E-state index contributed by atoms with van der Waals surface area (Å²) in [4.78, 5) is 0. The SMILES string of the molecule is CCC(N)C(SCC(C)C)c1cccc(OC)c1. The van der Waals surface area contributed by atoms with Gasteiger partial charge in [-0.3, -0.25) is 0 Å². The summed E-state index contributed by atoms with van der Waals surface area (Å²) in [6.07, 6.45) is 0.993. The first kappa shape index (κ1) is 15.4. The molecular weight excluding hydrogens is 242 g/mol. The van der Waals surface area contributed by atoms with E-state index in [9.17, 15) is 0 Å². The summed E-state index contributed by atoms with van der Waals surface area (Å²) in [7, 11) is 1.70. The molecule has 102 valence electrons. The molecule has 0 amide bonds. The Balaban J connectivity index is 2.86. The predicted octanol–water partition coefficient (Wildman–Crippen LogP) is 3.86. The fraction of sp³-hybridized carbons (Fsp3) is 0.600. The second kappa shape index (κ2) is 7.70. The number of hydrogen-bond donors (Lipinski definition) is 1. The van der Waals surface area contributed by atoms with Crippen LogP contribution in [0.5, 0.6) is 5.75 Å². The number of nitrogens with two attached hydrogens (primary N) is 1. The third kappa shape index (κ3) is 4.54. The Labute approximate surface area is 115 Å². The predicted molar refractivity (Wildman–Crippen MR) is 81.3 cm³/mol. The molecule has 0 aliphatic carbocycles. The number of hydrogen-bond acceptors (Lipinski definition) is 3. The van der Waals surface area contributed by atoms with E-state index in [0.29, 0.717) is 11.2 Å². The van der Waals surface area contributed by atoms with Crippen LogP contribution in [0.15, 0.2) is 24.3 Å². The molecule has 0 aliphatic heterocycles. The number of benzene rings is 1. The third-order valence-electron chi connectivity index (χ3n) is 2.89. The van der Waals surface area contributed by atoms with Crippen molar-refractivity contribution in [2.24, 2.45) is 11.7 Å². The highest BCUT2D eigenvalue weighted by Crippen LogP contribution is 2.35. The van der Waals surface area contributed by atoms with Gasteiger partial charge in [-0.15, -0.1) is 0 Å². The highest BCUT2D eigenvalue weighted by molar-refractivity contribution is 7.99. The van der Waals surface area contributed by atoms with Gasteiger partial charge in [0.15, 0.2) is 0 Å². The lowest BCUT2D eigenvalue weighted by molar-refractivity contribution is 0.414. The van der Waals surface area contributed by atoms with E-state index in [0.717, 1.165) is 17.9 Å². The summed E-state index contributed by atoms with van der Waals surface area (Å²) in [6.45, 7) is 6.63. The average molecular weight is 267 g/mol. The molecule has 18 heavy (non-hydrogen) atoms. The van der Waals surface area contributed by atoms with E-state index < -0.39 is 0 Å². The largest absolute Gasteiger partial charge is 0.497 e. The molecule has 0 fully saturated rings. The number of rotatable bonds is 7. The van der Waals surface area contributed by atoms with Crippen LogP contribution >= 0.6 is 11.8 Å². The average Bonchev–Trinajstić information content (AvgIpc) is 2.38. The summed E-state index contributed by atoms with van der Waals surface area (Å²) < 4.78 is 5.29. The van der Waals surface area contributed by atoms with E-state index in [1.165, 1.54) is 5.56 Å². The van der Waals surface area contributed by atoms with Gasteiger partial charge in [0, 0.05) is 11.3 Å². The maximum absolute atomic E-state index is 6.27. The first-order chi connectivity index (χ1) is 8.58. The topological polar surface area (TPSA) is 35.2 Å². The van der Waals surface area contributed by atoms with Crippen LogP contribution in [0.4, 0.5) is 0 Å². The molecule has 2 unspecified atom stereocenters. The van der Waals surface area contributed by atoms with E-state index >= 15 is 0 Å². The zero-order valence-corrected chi connectivity index (χ0v) is 12.7. The van der Waals surface area contributed by atoms with Crippen molar-refractivity contribution in [3.63, 3.8) is 0 Å². The van der Waals surface area contributed by atoms with Crippen LogP contribution in [0.2, 0.25) is 0 Å². The molecule has 2 atom stereocenters. The van der Waals surface area contributed by atoms with Crippen molar-refractivity contribution in [3.8, 4) is 5.75 Å². The first-order valence-corrected chi connectivity index (χ1v) is 7.64. The summed E-state index contributed by atoms with van der Waals surface area (Å²) in [5.74, 6) is 2.73. The number of thioether (sulfide) groups is 1. The molecule has 0 heterocycles. The fourth-order valence-electron chi connectivity index (χ4n) is 1.80. The molecule has 0 aromatic heterocycles. The lowest BCUT2D eigenvalue weighted by atomic mass is 10.0. The molecule has 0 saturated carbocycles. The molecule has 0 bridgehead atoms. The lowest BCUT2D eigenvalue weighted by Crippen LogP contribution is -2.26. The summed E-state index contributed by atoms with van der Waals surface area (Å²) >= 11 is 1.95. The van der Waals surface area contributed by atoms with Gasteiger partial charge in [-0.25, -0.2) is 0 Å². The molecule has 1 aromatic rings. The van der Waals surface area contributed by atoms with Gasteiger partial charge < -0.3 is 10.5 Å². The van der Waals surface area contributed by atoms with Crippen LogP contribution < -0.4 is 10.5 Å². The lowest BCUT2D eigenvalue weighted by Gasteiger charge is -2.24. The molecule has 3 heteroatoms. The van der Waals surface area contributed by atoms with Crippen molar-refractivity contribution in [2.75, 3.05) is 12.9 Å². The molecule has 1 rings (SSSR count). The molecule has 0 radical (unpaired) electrons. The van der Waals surface area contributed by atoms with E-state index in [1.54, 1.807) is 7.11 Å². The Morgan fingerprint density at radius 3 is 2.61 bits per heavy atom. The van der Waals surface area contributed by atoms with E-state index in [-0.39, 0.29) is 6.04 Å². The minimum Gasteiger partial charge on any atom is -0.497 e. The minimum absolute atomic E-state index is 0.195. The van der Waals surface area contributed by atoms with Gasteiger partial charge >= 0.3 is 0 Å². The molecule has 0 aliphatic rings. The number of methoxy groups -OCH3 is 1. The fourth-order valence-corrected chi connectivity index (χ4v) is 3.17. The van der Waals surface area contributed by atoms with E-state index in [4.69, 9.17) is 10.5 Å². The second-order valence-corrected chi connectivity index (χ2v) is 6.17. The van der Waals surface area contributed by atoms with Crippen molar-refractivity contribution >= 4 is 11.8 Å². The summed E-state index contributed by atoms with van der Waals surface area (Å²) in [5, 5.41) is 0.354. The van der Waals surface area contributed by atoms with Gasteiger partial charge in [0.05, 0.1) is 7.11 Å². The van der Waals surface area contributed by atoms with Crippen LogP contribution in [0.1, 0.15) is 38.0 Å². The van der Waals surface area contributed by atoms with Crippen LogP contribution in [-0.4, -0.2) is 18.9 Å². The molecule has 2 N–H and O–H groups in total. The van der Waals surface area contributed by atoms with Gasteiger partial charge in [0.2, 0.25) is 0 Å². The molecule has 1 aromatic carbocycles. The smallest absolute Gasteiger partial charge is 0.119 e. The Kier molecular flexibility index (Phi) is 6.58. The Hall–Kier alpha value is -0.670. The van der Waals surface area contributed by atoms with Gasteiger partial charge in [-0.05, 0) is 35.8 Å². The van der Waals surface area contributed by atoms with Crippen molar-refractivity contribution < 1.29 is 4.74 Å². The van der Waals surface area contributed by atoms with Crippen LogP contribution in [0.3, 0.4) is 0 Å². The van der Waals surface area contributed by atoms with E-state index in [2.05, 4.69) is 32.9 Å². The van der Waals surface area contributed by atoms with E-state index in [1.807, 2.05) is 23.9 Å². The van der Waals surface area contributed by atoms with Crippen molar-refractivity contribution in [1.29, 1.82) is 0 Å². The molecular formula is C15H25NOS. The Bertz CT molecular complexity index is 354. The number of ether oxygens (including phenoxy) is 1. The maximum atomic E-state index is 6.27. The van der Waals surface area contributed by atoms with Crippen molar-refractivity contribution in [2.45, 2.75) is 38.5 Å². The zero-order chi connectivity index (χ0) is 13.5. The van der Waals surface area contributed by atoms with Crippen LogP contribution in [0.25, 0.3) is 0 Å². The zero-order valence-electron chi connectivity index (χ0n) is 11.8. The maximum Gasteiger partial charge on any atom is 0.119 e. The van der Waals surface area contributed by atoms with Crippen molar-refractivity contribution in [3.05, 3.63) is 29.8 Å². The van der Waals surface area contributed by atoms with Gasteiger partial charge in [0.25, 0.3) is 0 Å². The molecule has 2 nitrogen and oxygen atoms in total. The third-order valence-corrected chi connectivity index (χ3v) is 4.73. The Morgan fingerprint density at radius 2 is 2.06 bits per heavy atom. The summed E-state index contributed by atoms with van der Waals surface area (Å²) in [5.41, 5.74) is 7.54. The van der Waals surface area contributed by atoms with Gasteiger partial charge in [-0.2, -0.15) is 11.8 Å². The quantitative estimate of drug-likeness (QED) is 0.814. The first-order valence-electron chi connectivity index (χ1n) is 6.59. The summed E-state index contributed by atoms with van der Waals surface area (Å²) in [6, 6.07) is 8.47. The second-order valence-electron chi connectivity index (χ2n) is 5.00. The highest BCUT2D eigenvalue weighted by Gasteiger charge is 2.19. The van der Waals surface area contributed by atoms with Crippen LogP contribution in [0, 0.1) is 5.92 Å². The standard InChI is InChI=1S/C15H25NOS/c1-5-14(16)15(18-10-11(2)3)12-7-6-8-13(9-12)17-4/h6-9,11,14-15H,5,10,16H2,1-4H3. The minimum atomic E-state index is 0.195. The van der Waals surface area contributed by atoms with Crippen LogP contribution in [-0.2, 0) is 0 Å². The highest BCUT2D eigenvalue weighted by atomic mass is 32.2. The Morgan fingerprint density at radius 1 is 1.33 bits per heavy atom. The normalized spacial score (nSPS) is 14.6. The van der Waals surface area contributed by atoms with Gasteiger partial charge in [0.1, 0.15) is 5.75 Å². The van der Waals surface area contributed by atoms with Gasteiger partial charge in [-0.1, -0.05) is 32.9 Å². The van der Waals surface area contributed by atoms with Crippen molar-refractivity contribution in [1.82, 2.24) is 0 Å². The monoisotopic (exact) mass is 267 g/mol. The molecule has 0 saturated heterocycles.